The second-order valence-electron chi connectivity index (χ2n) is 5.70. The maximum Gasteiger partial charge on any atom is 0.263 e. The van der Waals surface area contributed by atoms with Crippen LogP contribution in [0.2, 0.25) is 0 Å². The van der Waals surface area contributed by atoms with Crippen molar-refractivity contribution in [3.63, 3.8) is 0 Å². The molecule has 0 heterocycles. The SMILES string of the molecule is C=CCNC(=O)C(C)(C)Oc1ccc([C@@H]2CC2(Cl)Cl)cc1. The molecule has 0 bridgehead atoms. The van der Waals surface area contributed by atoms with Crippen molar-refractivity contribution in [3.05, 3.63) is 42.5 Å². The molecule has 1 aromatic rings. The van der Waals surface area contributed by atoms with Crippen LogP contribution in [-0.4, -0.2) is 22.4 Å². The van der Waals surface area contributed by atoms with Gasteiger partial charge in [0.05, 0.1) is 0 Å². The van der Waals surface area contributed by atoms with Gasteiger partial charge in [-0.3, -0.25) is 4.79 Å². The number of halogens is 2. The van der Waals surface area contributed by atoms with E-state index in [-0.39, 0.29) is 11.8 Å². The largest absolute Gasteiger partial charge is 0.478 e. The van der Waals surface area contributed by atoms with Crippen LogP contribution in [0.15, 0.2) is 36.9 Å². The second kappa shape index (κ2) is 5.90. The Kier molecular flexibility index (Phi) is 4.54. The van der Waals surface area contributed by atoms with Gasteiger partial charge in [0.15, 0.2) is 5.60 Å². The zero-order valence-corrected chi connectivity index (χ0v) is 13.7. The molecule has 1 fully saturated rings. The summed E-state index contributed by atoms with van der Waals surface area (Å²) in [4.78, 5) is 12.0. The maximum absolute atomic E-state index is 12.0. The fraction of sp³-hybridized carbons (Fsp3) is 0.438. The molecule has 1 atom stereocenters. The number of nitrogens with one attached hydrogen (secondary N) is 1. The summed E-state index contributed by atoms with van der Waals surface area (Å²) in [5.74, 6) is 0.626. The third-order valence-electron chi connectivity index (χ3n) is 3.44. The van der Waals surface area contributed by atoms with Crippen LogP contribution < -0.4 is 10.1 Å². The smallest absolute Gasteiger partial charge is 0.263 e. The Labute approximate surface area is 135 Å². The van der Waals surface area contributed by atoms with Crippen molar-refractivity contribution in [2.75, 3.05) is 6.54 Å². The molecule has 0 unspecified atom stereocenters. The van der Waals surface area contributed by atoms with E-state index < -0.39 is 9.93 Å². The van der Waals surface area contributed by atoms with E-state index in [1.54, 1.807) is 19.9 Å². The summed E-state index contributed by atoms with van der Waals surface area (Å²) >= 11 is 12.1. The first kappa shape index (κ1) is 16.2. The standard InChI is InChI=1S/C16H19Cl2NO2/c1-4-9-19-14(20)15(2,3)21-12-7-5-11(6-8-12)13-10-16(13,17)18/h4-8,13H,1,9-10H2,2-3H3,(H,19,20)/t13-/m0/s1. The van der Waals surface area contributed by atoms with Crippen molar-refractivity contribution in [1.82, 2.24) is 5.32 Å². The number of hydrogen-bond donors (Lipinski definition) is 1. The first-order valence-corrected chi connectivity index (χ1v) is 7.58. The third-order valence-corrected chi connectivity index (χ3v) is 4.27. The first-order chi connectivity index (χ1) is 9.76. The summed E-state index contributed by atoms with van der Waals surface area (Å²) in [6.07, 6.45) is 2.40. The van der Waals surface area contributed by atoms with E-state index in [2.05, 4.69) is 11.9 Å². The number of carbonyl (C=O) groups is 1. The predicted octanol–water partition coefficient (Wildman–Crippen LogP) is 3.81. The molecule has 2 rings (SSSR count). The number of carbonyl (C=O) groups excluding carboxylic acids is 1. The molecule has 1 aromatic carbocycles. The van der Waals surface area contributed by atoms with E-state index in [0.29, 0.717) is 12.3 Å². The topological polar surface area (TPSA) is 38.3 Å². The molecule has 3 nitrogen and oxygen atoms in total. The zero-order chi connectivity index (χ0) is 15.7. The minimum absolute atomic E-state index is 0.179. The molecule has 5 heteroatoms. The fourth-order valence-electron chi connectivity index (χ4n) is 2.06. The number of alkyl halides is 2. The van der Waals surface area contributed by atoms with E-state index in [4.69, 9.17) is 27.9 Å². The molecular formula is C16H19Cl2NO2. The molecule has 0 spiro atoms. The molecule has 0 saturated heterocycles. The van der Waals surface area contributed by atoms with Gasteiger partial charge in [-0.25, -0.2) is 0 Å². The van der Waals surface area contributed by atoms with E-state index in [9.17, 15) is 4.79 Å². The number of benzene rings is 1. The summed E-state index contributed by atoms with van der Waals surface area (Å²) in [5.41, 5.74) is 0.133. The highest BCUT2D eigenvalue weighted by atomic mass is 35.5. The van der Waals surface area contributed by atoms with Crippen LogP contribution in [0.3, 0.4) is 0 Å². The van der Waals surface area contributed by atoms with E-state index in [1.807, 2.05) is 24.3 Å². The van der Waals surface area contributed by atoms with Gasteiger partial charge in [0.2, 0.25) is 0 Å². The van der Waals surface area contributed by atoms with Crippen LogP contribution in [0.4, 0.5) is 0 Å². The van der Waals surface area contributed by atoms with Crippen LogP contribution in [-0.2, 0) is 4.79 Å². The molecule has 0 radical (unpaired) electrons. The Hall–Kier alpha value is -1.19. The minimum atomic E-state index is -0.952. The lowest BCUT2D eigenvalue weighted by atomic mass is 10.1. The van der Waals surface area contributed by atoms with Crippen LogP contribution in [0.5, 0.6) is 5.75 Å². The van der Waals surface area contributed by atoms with E-state index >= 15 is 0 Å². The van der Waals surface area contributed by atoms with Crippen molar-refractivity contribution < 1.29 is 9.53 Å². The Balaban J connectivity index is 1.99. The lowest BCUT2D eigenvalue weighted by molar-refractivity contribution is -0.133. The van der Waals surface area contributed by atoms with Crippen LogP contribution in [0.1, 0.15) is 31.7 Å². The molecule has 1 aliphatic rings. The highest BCUT2D eigenvalue weighted by Crippen LogP contribution is 2.59. The average Bonchev–Trinajstić information content (AvgIpc) is 3.05. The van der Waals surface area contributed by atoms with Crippen LogP contribution in [0.25, 0.3) is 0 Å². The zero-order valence-electron chi connectivity index (χ0n) is 12.2. The average molecular weight is 328 g/mol. The molecule has 0 aliphatic heterocycles. The summed E-state index contributed by atoms with van der Waals surface area (Å²) in [5, 5.41) is 2.73. The van der Waals surface area contributed by atoms with Gasteiger partial charge in [-0.2, -0.15) is 0 Å². The molecule has 114 valence electrons. The van der Waals surface area contributed by atoms with Gasteiger partial charge in [0.25, 0.3) is 5.91 Å². The first-order valence-electron chi connectivity index (χ1n) is 6.82. The number of rotatable bonds is 6. The van der Waals surface area contributed by atoms with E-state index in [1.165, 1.54) is 0 Å². The number of hydrogen-bond acceptors (Lipinski definition) is 2. The molecule has 21 heavy (non-hydrogen) atoms. The predicted molar refractivity (Wildman–Crippen MR) is 86.2 cm³/mol. The normalized spacial score (nSPS) is 19.7. The molecule has 1 amide bonds. The van der Waals surface area contributed by atoms with Crippen molar-refractivity contribution in [2.24, 2.45) is 0 Å². The summed E-state index contributed by atoms with van der Waals surface area (Å²) < 4.78 is 5.12. The Bertz CT molecular complexity index is 538. The fourth-order valence-corrected chi connectivity index (χ4v) is 2.62. The van der Waals surface area contributed by atoms with Crippen molar-refractivity contribution >= 4 is 29.1 Å². The third kappa shape index (κ3) is 3.92. The van der Waals surface area contributed by atoms with Gasteiger partial charge >= 0.3 is 0 Å². The van der Waals surface area contributed by atoms with Gasteiger partial charge in [0.1, 0.15) is 10.1 Å². The summed E-state index contributed by atoms with van der Waals surface area (Å²) in [7, 11) is 0. The second-order valence-corrected chi connectivity index (χ2v) is 7.24. The Morgan fingerprint density at radius 2 is 2.05 bits per heavy atom. The Morgan fingerprint density at radius 3 is 2.52 bits per heavy atom. The number of amides is 1. The highest BCUT2D eigenvalue weighted by Gasteiger charge is 2.52. The van der Waals surface area contributed by atoms with Crippen LogP contribution in [0, 0.1) is 0 Å². The van der Waals surface area contributed by atoms with Crippen LogP contribution >= 0.6 is 23.2 Å². The lowest BCUT2D eigenvalue weighted by Crippen LogP contribution is -2.46. The maximum atomic E-state index is 12.0. The van der Waals surface area contributed by atoms with Crippen molar-refractivity contribution in [2.45, 2.75) is 36.1 Å². The lowest BCUT2D eigenvalue weighted by Gasteiger charge is -2.25. The van der Waals surface area contributed by atoms with Crippen molar-refractivity contribution in [3.8, 4) is 5.75 Å². The number of ether oxygens (including phenoxy) is 1. The molecule has 1 saturated carbocycles. The molecule has 0 aromatic heterocycles. The van der Waals surface area contributed by atoms with Crippen molar-refractivity contribution in [1.29, 1.82) is 0 Å². The molecular weight excluding hydrogens is 309 g/mol. The highest BCUT2D eigenvalue weighted by molar-refractivity contribution is 6.51. The van der Waals surface area contributed by atoms with Gasteiger partial charge in [-0.15, -0.1) is 29.8 Å². The van der Waals surface area contributed by atoms with Gasteiger partial charge < -0.3 is 10.1 Å². The summed E-state index contributed by atoms with van der Waals surface area (Å²) in [6.45, 7) is 7.43. The molecule has 1 N–H and O–H groups in total. The van der Waals surface area contributed by atoms with Gasteiger partial charge in [-0.05, 0) is 38.0 Å². The summed E-state index contributed by atoms with van der Waals surface area (Å²) in [6, 6.07) is 7.54. The molecule has 1 aliphatic carbocycles. The monoisotopic (exact) mass is 327 g/mol. The quantitative estimate of drug-likeness (QED) is 0.637. The Morgan fingerprint density at radius 1 is 1.48 bits per heavy atom. The minimum Gasteiger partial charge on any atom is -0.478 e. The van der Waals surface area contributed by atoms with Gasteiger partial charge in [-0.1, -0.05) is 18.2 Å². The van der Waals surface area contributed by atoms with Gasteiger partial charge in [0, 0.05) is 12.5 Å². The van der Waals surface area contributed by atoms with E-state index in [0.717, 1.165) is 12.0 Å².